The minimum Gasteiger partial charge on any atom is -0.392 e. The van der Waals surface area contributed by atoms with Gasteiger partial charge in [0.2, 0.25) is 0 Å². The van der Waals surface area contributed by atoms with Gasteiger partial charge in [-0.1, -0.05) is 20.8 Å². The lowest BCUT2D eigenvalue weighted by molar-refractivity contribution is 0.119. The summed E-state index contributed by atoms with van der Waals surface area (Å²) in [6, 6.07) is 0. The van der Waals surface area contributed by atoms with Crippen molar-refractivity contribution in [3.63, 3.8) is 0 Å². The summed E-state index contributed by atoms with van der Waals surface area (Å²) < 4.78 is 0. The molecule has 4 nitrogen and oxygen atoms in total. The number of hydrogen-bond acceptors (Lipinski definition) is 3. The molecule has 86 valence electrons. The van der Waals surface area contributed by atoms with Gasteiger partial charge in [0.15, 0.2) is 0 Å². The summed E-state index contributed by atoms with van der Waals surface area (Å²) >= 11 is 0. The topological polar surface area (TPSA) is 60.9 Å². The van der Waals surface area contributed by atoms with Gasteiger partial charge in [0.1, 0.15) is 0 Å². The van der Waals surface area contributed by atoms with Crippen LogP contribution in [0.5, 0.6) is 0 Å². The molecule has 0 fully saturated rings. The minimum absolute atomic E-state index is 0.176. The van der Waals surface area contributed by atoms with Crippen molar-refractivity contribution in [1.82, 2.24) is 15.3 Å². The number of H-pyrrole nitrogens is 1. The molecule has 1 aromatic rings. The number of aromatic amines is 1. The van der Waals surface area contributed by atoms with Crippen molar-refractivity contribution in [2.24, 2.45) is 5.41 Å². The molecule has 0 bridgehead atoms. The van der Waals surface area contributed by atoms with E-state index in [-0.39, 0.29) is 11.5 Å². The highest BCUT2D eigenvalue weighted by Gasteiger charge is 2.15. The molecule has 0 saturated carbocycles. The molecule has 0 saturated heterocycles. The lowest BCUT2D eigenvalue weighted by Gasteiger charge is -2.22. The first-order chi connectivity index (χ1) is 6.97. The highest BCUT2D eigenvalue weighted by atomic mass is 16.3. The molecule has 1 heterocycles. The van der Waals surface area contributed by atoms with Crippen LogP contribution in [0.4, 0.5) is 0 Å². The van der Waals surface area contributed by atoms with E-state index in [0.717, 1.165) is 18.7 Å². The summed E-state index contributed by atoms with van der Waals surface area (Å²) in [4.78, 5) is 6.93. The second kappa shape index (κ2) is 5.28. The second-order valence-electron chi connectivity index (χ2n) is 5.13. The Bertz CT molecular complexity index is 264. The molecule has 1 unspecified atom stereocenters. The zero-order valence-electron chi connectivity index (χ0n) is 9.75. The number of aromatic nitrogens is 2. The lowest BCUT2D eigenvalue weighted by Crippen LogP contribution is -2.29. The fourth-order valence-electron chi connectivity index (χ4n) is 1.53. The number of hydrogen-bond donors (Lipinski definition) is 3. The van der Waals surface area contributed by atoms with Crippen molar-refractivity contribution in [2.75, 3.05) is 6.54 Å². The number of aliphatic hydroxyl groups is 1. The van der Waals surface area contributed by atoms with Crippen LogP contribution in [0.2, 0.25) is 0 Å². The van der Waals surface area contributed by atoms with Crippen LogP contribution in [0.3, 0.4) is 0 Å². The summed E-state index contributed by atoms with van der Waals surface area (Å²) in [5.74, 6) is 0. The smallest absolute Gasteiger partial charge is 0.0922 e. The van der Waals surface area contributed by atoms with Crippen LogP contribution in [-0.4, -0.2) is 27.7 Å². The molecule has 15 heavy (non-hydrogen) atoms. The van der Waals surface area contributed by atoms with E-state index in [4.69, 9.17) is 0 Å². The largest absolute Gasteiger partial charge is 0.392 e. The Morgan fingerprint density at radius 1 is 1.53 bits per heavy atom. The Balaban J connectivity index is 2.15. The van der Waals surface area contributed by atoms with Crippen molar-refractivity contribution in [3.8, 4) is 0 Å². The third-order valence-electron chi connectivity index (χ3n) is 2.10. The van der Waals surface area contributed by atoms with Gasteiger partial charge in [-0.25, -0.2) is 4.98 Å². The van der Waals surface area contributed by atoms with Crippen molar-refractivity contribution in [3.05, 3.63) is 18.2 Å². The molecule has 0 aliphatic carbocycles. The molecular weight excluding hydrogens is 190 g/mol. The normalized spacial score (nSPS) is 14.1. The third kappa shape index (κ3) is 5.54. The van der Waals surface area contributed by atoms with Gasteiger partial charge in [0.05, 0.1) is 12.4 Å². The first-order valence-corrected chi connectivity index (χ1v) is 5.33. The van der Waals surface area contributed by atoms with E-state index < -0.39 is 0 Å². The number of imidazole rings is 1. The predicted molar refractivity (Wildman–Crippen MR) is 60.4 cm³/mol. The Morgan fingerprint density at radius 3 is 2.80 bits per heavy atom. The van der Waals surface area contributed by atoms with E-state index in [2.05, 4.69) is 36.1 Å². The standard InChI is InChI=1S/C11H21N3O/c1-11(2,3)4-10(15)7-12-5-9-6-13-8-14-9/h6,8,10,12,15H,4-5,7H2,1-3H3,(H,13,14). The van der Waals surface area contributed by atoms with E-state index >= 15 is 0 Å². The van der Waals surface area contributed by atoms with Gasteiger partial charge in [0.25, 0.3) is 0 Å². The molecule has 3 N–H and O–H groups in total. The van der Waals surface area contributed by atoms with Gasteiger partial charge in [-0.05, 0) is 11.8 Å². The zero-order valence-corrected chi connectivity index (χ0v) is 9.75. The van der Waals surface area contributed by atoms with Crippen molar-refractivity contribution < 1.29 is 5.11 Å². The lowest BCUT2D eigenvalue weighted by atomic mass is 9.89. The molecule has 1 aromatic heterocycles. The van der Waals surface area contributed by atoms with Crippen molar-refractivity contribution in [2.45, 2.75) is 39.8 Å². The average molecular weight is 211 g/mol. The Labute approximate surface area is 91.1 Å². The van der Waals surface area contributed by atoms with Crippen molar-refractivity contribution >= 4 is 0 Å². The fraction of sp³-hybridized carbons (Fsp3) is 0.727. The zero-order chi connectivity index (χ0) is 11.3. The summed E-state index contributed by atoms with van der Waals surface area (Å²) in [7, 11) is 0. The average Bonchev–Trinajstić information content (AvgIpc) is 2.53. The summed E-state index contributed by atoms with van der Waals surface area (Å²) in [6.45, 7) is 7.73. The Kier molecular flexibility index (Phi) is 4.29. The first kappa shape index (κ1) is 12.2. The van der Waals surface area contributed by atoms with Crippen LogP contribution in [-0.2, 0) is 6.54 Å². The third-order valence-corrected chi connectivity index (χ3v) is 2.10. The van der Waals surface area contributed by atoms with Crippen LogP contribution >= 0.6 is 0 Å². The van der Waals surface area contributed by atoms with Crippen LogP contribution in [0.15, 0.2) is 12.5 Å². The summed E-state index contributed by atoms with van der Waals surface area (Å²) in [5.41, 5.74) is 1.22. The van der Waals surface area contributed by atoms with E-state index in [9.17, 15) is 5.11 Å². The van der Waals surface area contributed by atoms with Crippen LogP contribution < -0.4 is 5.32 Å². The molecule has 0 aliphatic heterocycles. The van der Waals surface area contributed by atoms with Gasteiger partial charge in [-0.2, -0.15) is 0 Å². The maximum Gasteiger partial charge on any atom is 0.0922 e. The molecule has 4 heteroatoms. The van der Waals surface area contributed by atoms with E-state index in [0.29, 0.717) is 6.54 Å². The predicted octanol–water partition coefficient (Wildman–Crippen LogP) is 1.30. The quantitative estimate of drug-likeness (QED) is 0.688. The Hall–Kier alpha value is -0.870. The second-order valence-corrected chi connectivity index (χ2v) is 5.13. The molecule has 0 aliphatic rings. The molecular formula is C11H21N3O. The highest BCUT2D eigenvalue weighted by molar-refractivity contribution is 4.93. The molecule has 0 aromatic carbocycles. The minimum atomic E-state index is -0.284. The van der Waals surface area contributed by atoms with Crippen molar-refractivity contribution in [1.29, 1.82) is 0 Å². The van der Waals surface area contributed by atoms with Gasteiger partial charge >= 0.3 is 0 Å². The monoisotopic (exact) mass is 211 g/mol. The van der Waals surface area contributed by atoms with Gasteiger partial charge < -0.3 is 15.4 Å². The molecule has 0 spiro atoms. The number of nitrogens with zero attached hydrogens (tertiary/aromatic N) is 1. The van der Waals surface area contributed by atoms with Gasteiger partial charge in [-0.15, -0.1) is 0 Å². The van der Waals surface area contributed by atoms with Crippen LogP contribution in [0.1, 0.15) is 32.9 Å². The first-order valence-electron chi connectivity index (χ1n) is 5.33. The highest BCUT2D eigenvalue weighted by Crippen LogP contribution is 2.20. The molecule has 1 rings (SSSR count). The van der Waals surface area contributed by atoms with Crippen LogP contribution in [0.25, 0.3) is 0 Å². The summed E-state index contributed by atoms with van der Waals surface area (Å²) in [6.07, 6.45) is 3.96. The maximum absolute atomic E-state index is 9.73. The van der Waals surface area contributed by atoms with E-state index in [1.54, 1.807) is 12.5 Å². The molecule has 0 amide bonds. The van der Waals surface area contributed by atoms with Gasteiger partial charge in [0, 0.05) is 25.0 Å². The molecule has 1 atom stereocenters. The Morgan fingerprint density at radius 2 is 2.27 bits per heavy atom. The SMILES string of the molecule is CC(C)(C)CC(O)CNCc1cnc[nH]1. The maximum atomic E-state index is 9.73. The van der Waals surface area contributed by atoms with Crippen LogP contribution in [0, 0.1) is 5.41 Å². The van der Waals surface area contributed by atoms with Gasteiger partial charge in [-0.3, -0.25) is 0 Å². The number of aliphatic hydroxyl groups excluding tert-OH is 1. The van der Waals surface area contributed by atoms with E-state index in [1.165, 1.54) is 0 Å². The number of nitrogens with one attached hydrogen (secondary N) is 2. The fourth-order valence-corrected chi connectivity index (χ4v) is 1.53. The number of rotatable bonds is 5. The van der Waals surface area contributed by atoms with E-state index in [1.807, 2.05) is 0 Å². The summed E-state index contributed by atoms with van der Waals surface area (Å²) in [5, 5.41) is 12.9. The molecule has 0 radical (unpaired) electrons.